The highest BCUT2D eigenvalue weighted by Gasteiger charge is 2.19. The van der Waals surface area contributed by atoms with Crippen LogP contribution >= 0.6 is 0 Å². The number of rotatable bonds is 60. The summed E-state index contributed by atoms with van der Waals surface area (Å²) in [4.78, 5) is 38.3. The van der Waals surface area contributed by atoms with Gasteiger partial charge in [0.05, 0.1) is 0 Å². The molecule has 0 aliphatic carbocycles. The highest BCUT2D eigenvalue weighted by Crippen LogP contribution is 2.15. The maximum absolute atomic E-state index is 12.9. The van der Waals surface area contributed by atoms with Crippen LogP contribution in [0.25, 0.3) is 0 Å². The summed E-state index contributed by atoms with van der Waals surface area (Å²) in [6, 6.07) is 0. The summed E-state index contributed by atoms with van der Waals surface area (Å²) >= 11 is 0. The second-order valence-corrected chi connectivity index (χ2v) is 22.0. The SMILES string of the molecule is CC/C=C\C/C=C\C/C=C\C/C=C\C/C=C\C/C=C\C/C=C\C/C=C\CCCCCCCCCCCCC(=O)OCC(COC(=O)CCCCCCC/C=C\CCCCCCC)OC(=O)CCCCCCC/C=C\C/C=C\CCCC. The number of carbonyl (C=O) groups is 3. The Morgan fingerprint density at radius 3 is 0.802 bits per heavy atom. The molecule has 1 unspecified atom stereocenters. The number of hydrogen-bond acceptors (Lipinski definition) is 6. The smallest absolute Gasteiger partial charge is 0.306 e. The van der Waals surface area contributed by atoms with Gasteiger partial charge in [-0.2, -0.15) is 0 Å². The quantitative estimate of drug-likeness (QED) is 0.0261. The van der Waals surface area contributed by atoms with Crippen LogP contribution in [0.3, 0.4) is 0 Å². The highest BCUT2D eigenvalue weighted by atomic mass is 16.6. The second kappa shape index (κ2) is 68.1. The third-order valence-electron chi connectivity index (χ3n) is 14.1. The Balaban J connectivity index is 4.23. The summed E-state index contributed by atoms with van der Waals surface area (Å²) in [5, 5.41) is 0. The van der Waals surface area contributed by atoms with Crippen molar-refractivity contribution in [1.29, 1.82) is 0 Å². The Morgan fingerprint density at radius 2 is 0.494 bits per heavy atom. The fourth-order valence-corrected chi connectivity index (χ4v) is 9.06. The van der Waals surface area contributed by atoms with E-state index < -0.39 is 6.10 Å². The molecule has 0 heterocycles. The van der Waals surface area contributed by atoms with E-state index in [-0.39, 0.29) is 31.1 Å². The number of allylic oxidation sites excluding steroid dienone is 22. The number of hydrogen-bond donors (Lipinski definition) is 0. The molecule has 0 aromatic heterocycles. The Kier molecular flexibility index (Phi) is 64.3. The largest absolute Gasteiger partial charge is 0.462 e. The molecule has 6 heteroatoms. The van der Waals surface area contributed by atoms with Crippen molar-refractivity contribution in [3.63, 3.8) is 0 Å². The first-order valence-electron chi connectivity index (χ1n) is 33.7. The monoisotopic (exact) mass is 1120 g/mol. The first kappa shape index (κ1) is 76.5. The zero-order chi connectivity index (χ0) is 58.5. The zero-order valence-corrected chi connectivity index (χ0v) is 52.8. The van der Waals surface area contributed by atoms with Gasteiger partial charge in [-0.1, -0.05) is 283 Å². The molecule has 460 valence electrons. The predicted molar refractivity (Wildman–Crippen MR) is 353 cm³/mol. The van der Waals surface area contributed by atoms with Gasteiger partial charge in [0.25, 0.3) is 0 Å². The van der Waals surface area contributed by atoms with Gasteiger partial charge >= 0.3 is 17.9 Å². The molecule has 0 spiro atoms. The van der Waals surface area contributed by atoms with Gasteiger partial charge in [-0.05, 0) is 135 Å². The normalized spacial score (nSPS) is 13.0. The minimum absolute atomic E-state index is 0.0901. The van der Waals surface area contributed by atoms with Crippen LogP contribution in [-0.4, -0.2) is 37.2 Å². The molecule has 81 heavy (non-hydrogen) atoms. The van der Waals surface area contributed by atoms with Crippen LogP contribution in [0.2, 0.25) is 0 Å². The van der Waals surface area contributed by atoms with Crippen LogP contribution in [-0.2, 0) is 28.6 Å². The first-order chi connectivity index (χ1) is 40.0. The fraction of sp³-hybridized carbons (Fsp3) is 0.667. The van der Waals surface area contributed by atoms with E-state index in [0.29, 0.717) is 19.3 Å². The zero-order valence-electron chi connectivity index (χ0n) is 52.8. The molecule has 0 aromatic rings. The standard InChI is InChI=1S/C75H124O6/c1-4-7-10-13-16-19-22-25-28-29-30-31-32-33-34-35-36-37-38-39-40-41-42-43-44-45-46-47-48-51-53-56-59-62-65-68-74(77)80-71-72(81-75(78)69-66-63-60-57-54-50-27-24-21-18-15-12-9-6-3)70-79-73(76)67-64-61-58-55-52-49-26-23-20-17-14-11-8-5-2/h7,10,15-16,18-19,23-28,30-31,33-34,36-37,39-40,42-43,72H,4-6,8-9,11-14,17,20-22,29,32,35,38,41,44-71H2,1-3H3/b10-7-,18-15-,19-16-,26-23-,27-24-,28-25-,31-30-,34-33-,37-36-,40-39-,43-42-. The maximum atomic E-state index is 12.9. The summed E-state index contributed by atoms with van der Waals surface area (Å²) in [6.45, 7) is 6.46. The molecular weight excluding hydrogens is 997 g/mol. The van der Waals surface area contributed by atoms with E-state index in [1.807, 2.05) is 0 Å². The Labute approximate surface area is 500 Å². The van der Waals surface area contributed by atoms with Gasteiger partial charge in [0, 0.05) is 19.3 Å². The van der Waals surface area contributed by atoms with Gasteiger partial charge in [0.1, 0.15) is 13.2 Å². The van der Waals surface area contributed by atoms with E-state index in [0.717, 1.165) is 148 Å². The summed E-state index contributed by atoms with van der Waals surface area (Å²) in [5.41, 5.74) is 0. The first-order valence-corrected chi connectivity index (χ1v) is 33.7. The van der Waals surface area contributed by atoms with Gasteiger partial charge in [0.15, 0.2) is 6.10 Å². The topological polar surface area (TPSA) is 78.9 Å². The molecular formula is C75H124O6. The van der Waals surface area contributed by atoms with Crippen molar-refractivity contribution in [2.24, 2.45) is 0 Å². The van der Waals surface area contributed by atoms with Gasteiger partial charge < -0.3 is 14.2 Å². The lowest BCUT2D eigenvalue weighted by Gasteiger charge is -2.18. The van der Waals surface area contributed by atoms with E-state index in [9.17, 15) is 14.4 Å². The third-order valence-corrected chi connectivity index (χ3v) is 14.1. The summed E-state index contributed by atoms with van der Waals surface area (Å²) in [6.07, 6.45) is 96.1. The van der Waals surface area contributed by atoms with Crippen molar-refractivity contribution < 1.29 is 28.6 Å². The molecule has 6 nitrogen and oxygen atoms in total. The molecule has 0 amide bonds. The van der Waals surface area contributed by atoms with Crippen LogP contribution < -0.4 is 0 Å². The van der Waals surface area contributed by atoms with Gasteiger partial charge in [-0.15, -0.1) is 0 Å². The van der Waals surface area contributed by atoms with Crippen molar-refractivity contribution in [3.8, 4) is 0 Å². The number of ether oxygens (including phenoxy) is 3. The predicted octanol–water partition coefficient (Wildman–Crippen LogP) is 23.3. The fourth-order valence-electron chi connectivity index (χ4n) is 9.06. The van der Waals surface area contributed by atoms with E-state index in [1.54, 1.807) is 0 Å². The summed E-state index contributed by atoms with van der Waals surface area (Å²) in [5.74, 6) is -0.912. The highest BCUT2D eigenvalue weighted by molar-refractivity contribution is 5.71. The second-order valence-electron chi connectivity index (χ2n) is 22.0. The molecule has 0 saturated carbocycles. The molecule has 0 aliphatic rings. The lowest BCUT2D eigenvalue weighted by Crippen LogP contribution is -2.30. The lowest BCUT2D eigenvalue weighted by atomic mass is 10.1. The third kappa shape index (κ3) is 66.2. The van der Waals surface area contributed by atoms with Crippen LogP contribution in [0.1, 0.15) is 303 Å². The average Bonchev–Trinajstić information content (AvgIpc) is 3.47. The van der Waals surface area contributed by atoms with E-state index >= 15 is 0 Å². The number of unbranched alkanes of at least 4 members (excludes halogenated alkanes) is 27. The van der Waals surface area contributed by atoms with Gasteiger partial charge in [-0.25, -0.2) is 0 Å². The summed E-state index contributed by atoms with van der Waals surface area (Å²) in [7, 11) is 0. The average molecular weight is 1120 g/mol. The Morgan fingerprint density at radius 1 is 0.259 bits per heavy atom. The molecule has 0 aliphatic heterocycles. The van der Waals surface area contributed by atoms with Crippen molar-refractivity contribution >= 4 is 17.9 Å². The molecule has 0 bridgehead atoms. The molecule has 0 aromatic carbocycles. The van der Waals surface area contributed by atoms with Crippen molar-refractivity contribution in [1.82, 2.24) is 0 Å². The van der Waals surface area contributed by atoms with Crippen molar-refractivity contribution in [2.75, 3.05) is 13.2 Å². The number of esters is 3. The van der Waals surface area contributed by atoms with Crippen LogP contribution in [0.15, 0.2) is 134 Å². The van der Waals surface area contributed by atoms with E-state index in [2.05, 4.69) is 154 Å². The van der Waals surface area contributed by atoms with Crippen LogP contribution in [0.5, 0.6) is 0 Å². The molecule has 0 saturated heterocycles. The molecule has 1 atom stereocenters. The Hall–Kier alpha value is -4.45. The van der Waals surface area contributed by atoms with Gasteiger partial charge in [0.2, 0.25) is 0 Å². The van der Waals surface area contributed by atoms with Crippen molar-refractivity contribution in [2.45, 2.75) is 309 Å². The maximum Gasteiger partial charge on any atom is 0.306 e. The van der Waals surface area contributed by atoms with Crippen LogP contribution in [0, 0.1) is 0 Å². The van der Waals surface area contributed by atoms with Crippen LogP contribution in [0.4, 0.5) is 0 Å². The minimum atomic E-state index is -0.794. The molecule has 0 radical (unpaired) electrons. The van der Waals surface area contributed by atoms with E-state index in [1.165, 1.54) is 116 Å². The van der Waals surface area contributed by atoms with Gasteiger partial charge in [-0.3, -0.25) is 14.4 Å². The molecule has 0 N–H and O–H groups in total. The molecule has 0 rings (SSSR count). The number of carbonyl (C=O) groups excluding carboxylic acids is 3. The minimum Gasteiger partial charge on any atom is -0.462 e. The van der Waals surface area contributed by atoms with E-state index in [4.69, 9.17) is 14.2 Å². The molecule has 0 fully saturated rings. The van der Waals surface area contributed by atoms with Crippen molar-refractivity contribution in [3.05, 3.63) is 134 Å². The summed E-state index contributed by atoms with van der Waals surface area (Å²) < 4.78 is 16.9. The lowest BCUT2D eigenvalue weighted by molar-refractivity contribution is -0.167. The Bertz CT molecular complexity index is 1720.